The molecule has 1 aromatic rings. The van der Waals surface area contributed by atoms with Crippen molar-refractivity contribution in [3.05, 3.63) is 33.9 Å². The van der Waals surface area contributed by atoms with Gasteiger partial charge in [-0.3, -0.25) is 10.1 Å². The van der Waals surface area contributed by atoms with Crippen molar-refractivity contribution in [1.29, 1.82) is 0 Å². The summed E-state index contributed by atoms with van der Waals surface area (Å²) in [7, 11) is 2.45. The standard InChI is InChI=1S/C16H20N2O7/c1-16(2,3)25-15(20)17-11(14(19)24-5)8-10-6-7-12(18(21)22)13(9-10)23-4/h6-7,9H,8H2,1-5H3. The number of carbonyl (C=O) groups is 2. The highest BCUT2D eigenvalue weighted by Gasteiger charge is 2.21. The molecule has 9 heteroatoms. The fourth-order valence-corrected chi connectivity index (χ4v) is 1.85. The van der Waals surface area contributed by atoms with Gasteiger partial charge in [-0.05, 0) is 32.4 Å². The van der Waals surface area contributed by atoms with Crippen LogP contribution in [0.5, 0.6) is 5.75 Å². The van der Waals surface area contributed by atoms with Crippen molar-refractivity contribution in [1.82, 2.24) is 0 Å². The first-order chi connectivity index (χ1) is 11.6. The van der Waals surface area contributed by atoms with Crippen LogP contribution in [-0.2, 0) is 20.7 Å². The number of esters is 1. The van der Waals surface area contributed by atoms with Crippen molar-refractivity contribution in [3.8, 4) is 5.75 Å². The summed E-state index contributed by atoms with van der Waals surface area (Å²) < 4.78 is 14.6. The summed E-state index contributed by atoms with van der Waals surface area (Å²) in [5, 5.41) is 10.9. The minimum atomic E-state index is -0.929. The molecular weight excluding hydrogens is 332 g/mol. The van der Waals surface area contributed by atoms with Gasteiger partial charge in [-0.2, -0.15) is 4.99 Å². The van der Waals surface area contributed by atoms with Crippen LogP contribution in [0.3, 0.4) is 0 Å². The van der Waals surface area contributed by atoms with E-state index in [1.807, 2.05) is 0 Å². The summed E-state index contributed by atoms with van der Waals surface area (Å²) in [4.78, 5) is 37.6. The van der Waals surface area contributed by atoms with Gasteiger partial charge in [-0.15, -0.1) is 0 Å². The van der Waals surface area contributed by atoms with E-state index >= 15 is 0 Å². The average molecular weight is 352 g/mol. The number of nitrogens with zero attached hydrogens (tertiary/aromatic N) is 2. The topological polar surface area (TPSA) is 117 Å². The molecule has 0 aliphatic carbocycles. The fourth-order valence-electron chi connectivity index (χ4n) is 1.85. The van der Waals surface area contributed by atoms with Gasteiger partial charge in [-0.25, -0.2) is 9.59 Å². The van der Waals surface area contributed by atoms with Gasteiger partial charge < -0.3 is 14.2 Å². The molecule has 0 aromatic heterocycles. The maximum atomic E-state index is 11.8. The number of hydrogen-bond acceptors (Lipinski definition) is 7. The lowest BCUT2D eigenvalue weighted by atomic mass is 10.1. The van der Waals surface area contributed by atoms with E-state index in [2.05, 4.69) is 9.73 Å². The molecule has 0 bridgehead atoms. The number of ether oxygens (including phenoxy) is 3. The Hall–Kier alpha value is -2.97. The summed E-state index contributed by atoms with van der Waals surface area (Å²) >= 11 is 0. The molecule has 1 aromatic carbocycles. The average Bonchev–Trinajstić information content (AvgIpc) is 2.51. The lowest BCUT2D eigenvalue weighted by molar-refractivity contribution is -0.385. The van der Waals surface area contributed by atoms with E-state index in [-0.39, 0.29) is 23.6 Å². The lowest BCUT2D eigenvalue weighted by Crippen LogP contribution is -2.25. The minimum Gasteiger partial charge on any atom is -0.490 e. The highest BCUT2D eigenvalue weighted by Crippen LogP contribution is 2.27. The molecule has 0 saturated heterocycles. The van der Waals surface area contributed by atoms with Crippen LogP contribution in [0.25, 0.3) is 0 Å². The van der Waals surface area contributed by atoms with Gasteiger partial charge in [0.15, 0.2) is 5.75 Å². The van der Waals surface area contributed by atoms with Gasteiger partial charge in [0.05, 0.1) is 19.1 Å². The number of rotatable bonds is 5. The minimum absolute atomic E-state index is 0.0315. The molecule has 0 unspecified atom stereocenters. The van der Waals surface area contributed by atoms with Crippen LogP contribution >= 0.6 is 0 Å². The van der Waals surface area contributed by atoms with Crippen molar-refractivity contribution in [3.63, 3.8) is 0 Å². The number of methoxy groups -OCH3 is 2. The van der Waals surface area contributed by atoms with Crippen molar-refractivity contribution < 1.29 is 28.7 Å². The van der Waals surface area contributed by atoms with E-state index in [1.54, 1.807) is 20.8 Å². The predicted molar refractivity (Wildman–Crippen MR) is 89.0 cm³/mol. The zero-order chi connectivity index (χ0) is 19.2. The molecule has 0 heterocycles. The SMILES string of the molecule is COC(=O)C(Cc1ccc([N+](=O)[O-])c(OC)c1)=NC(=O)OC(C)(C)C. The van der Waals surface area contributed by atoms with Gasteiger partial charge in [0, 0.05) is 12.5 Å². The number of aliphatic imine (C=N–C) groups is 1. The van der Waals surface area contributed by atoms with E-state index in [1.165, 1.54) is 25.3 Å². The number of nitro groups is 1. The number of hydrogen-bond donors (Lipinski definition) is 0. The van der Waals surface area contributed by atoms with Gasteiger partial charge in [0.2, 0.25) is 0 Å². The number of carbonyl (C=O) groups excluding carboxylic acids is 2. The first-order valence-electron chi connectivity index (χ1n) is 7.27. The van der Waals surface area contributed by atoms with E-state index in [0.29, 0.717) is 5.56 Å². The molecule has 0 spiro atoms. The number of amides is 1. The fraction of sp³-hybridized carbons (Fsp3) is 0.438. The number of benzene rings is 1. The highest BCUT2D eigenvalue weighted by molar-refractivity contribution is 6.38. The molecular formula is C16H20N2O7. The molecule has 136 valence electrons. The van der Waals surface area contributed by atoms with E-state index in [9.17, 15) is 19.7 Å². The summed E-state index contributed by atoms with van der Waals surface area (Å²) in [5.41, 5.74) is -0.684. The third-order valence-corrected chi connectivity index (χ3v) is 2.85. The van der Waals surface area contributed by atoms with Crippen molar-refractivity contribution >= 4 is 23.5 Å². The van der Waals surface area contributed by atoms with E-state index in [0.717, 1.165) is 7.11 Å². The summed E-state index contributed by atoms with van der Waals surface area (Å²) in [6.45, 7) is 5.00. The van der Waals surface area contributed by atoms with Crippen molar-refractivity contribution in [2.24, 2.45) is 4.99 Å². The van der Waals surface area contributed by atoms with Crippen LogP contribution in [-0.4, -0.2) is 42.5 Å². The first-order valence-corrected chi connectivity index (χ1v) is 7.27. The molecule has 0 fully saturated rings. The van der Waals surface area contributed by atoms with Crippen LogP contribution < -0.4 is 4.74 Å². The molecule has 1 rings (SSSR count). The largest absolute Gasteiger partial charge is 0.490 e. The Labute approximate surface area is 144 Å². The second kappa shape index (κ2) is 8.22. The lowest BCUT2D eigenvalue weighted by Gasteiger charge is -2.17. The Balaban J connectivity index is 3.13. The molecule has 0 N–H and O–H groups in total. The Morgan fingerprint density at radius 3 is 2.36 bits per heavy atom. The van der Waals surface area contributed by atoms with Crippen LogP contribution in [0.1, 0.15) is 26.3 Å². The maximum absolute atomic E-state index is 11.8. The van der Waals surface area contributed by atoms with Crippen LogP contribution in [0.15, 0.2) is 23.2 Å². The zero-order valence-electron chi connectivity index (χ0n) is 14.7. The molecule has 25 heavy (non-hydrogen) atoms. The summed E-state index contributed by atoms with van der Waals surface area (Å²) in [6, 6.07) is 4.08. The van der Waals surface area contributed by atoms with Gasteiger partial charge in [-0.1, -0.05) is 6.07 Å². The van der Waals surface area contributed by atoms with E-state index in [4.69, 9.17) is 9.47 Å². The molecule has 0 radical (unpaired) electrons. The Morgan fingerprint density at radius 1 is 1.24 bits per heavy atom. The monoisotopic (exact) mass is 352 g/mol. The smallest absolute Gasteiger partial charge is 0.434 e. The second-order valence-corrected chi connectivity index (χ2v) is 5.97. The van der Waals surface area contributed by atoms with Gasteiger partial charge in [0.1, 0.15) is 11.3 Å². The molecule has 1 amide bonds. The van der Waals surface area contributed by atoms with Gasteiger partial charge >= 0.3 is 17.7 Å². The van der Waals surface area contributed by atoms with Crippen LogP contribution in [0.2, 0.25) is 0 Å². The normalized spacial score (nSPS) is 11.6. The Kier molecular flexibility index (Phi) is 6.60. The molecule has 9 nitrogen and oxygen atoms in total. The van der Waals surface area contributed by atoms with Gasteiger partial charge in [0.25, 0.3) is 0 Å². The highest BCUT2D eigenvalue weighted by atomic mass is 16.6. The predicted octanol–water partition coefficient (Wildman–Crippen LogP) is 2.70. The number of nitro benzene ring substituents is 1. The second-order valence-electron chi connectivity index (χ2n) is 5.97. The molecule has 0 atom stereocenters. The first kappa shape index (κ1) is 20.1. The quantitative estimate of drug-likeness (QED) is 0.346. The van der Waals surface area contributed by atoms with E-state index < -0.39 is 22.6 Å². The molecule has 0 aliphatic rings. The molecule has 0 aliphatic heterocycles. The third-order valence-electron chi connectivity index (χ3n) is 2.85. The Morgan fingerprint density at radius 2 is 1.88 bits per heavy atom. The Bertz CT molecular complexity index is 705. The summed E-state index contributed by atoms with van der Waals surface area (Å²) in [5.74, 6) is -0.771. The van der Waals surface area contributed by atoms with Crippen molar-refractivity contribution in [2.45, 2.75) is 32.8 Å². The summed E-state index contributed by atoms with van der Waals surface area (Å²) in [6.07, 6.45) is -1.01. The van der Waals surface area contributed by atoms with Crippen LogP contribution in [0.4, 0.5) is 10.5 Å². The maximum Gasteiger partial charge on any atom is 0.434 e. The third kappa shape index (κ3) is 6.21. The zero-order valence-corrected chi connectivity index (χ0v) is 14.7. The molecule has 0 saturated carbocycles. The van der Waals surface area contributed by atoms with Crippen LogP contribution in [0, 0.1) is 10.1 Å². The van der Waals surface area contributed by atoms with Crippen molar-refractivity contribution in [2.75, 3.05) is 14.2 Å².